The molecule has 1 fully saturated rings. The zero-order valence-electron chi connectivity index (χ0n) is 22.5. The fraction of sp³-hybridized carbons (Fsp3) is 0.286. The van der Waals surface area contributed by atoms with E-state index in [4.69, 9.17) is 9.90 Å². The minimum Gasteiger partial charge on any atom is -0.475 e. The van der Waals surface area contributed by atoms with E-state index in [1.165, 1.54) is 0 Å². The minimum absolute atomic E-state index is 0.174. The zero-order valence-corrected chi connectivity index (χ0v) is 23.3. The lowest BCUT2D eigenvalue weighted by molar-refractivity contribution is -0.192. The highest BCUT2D eigenvalue weighted by atomic mass is 32.2. The van der Waals surface area contributed by atoms with E-state index in [-0.39, 0.29) is 10.8 Å². The van der Waals surface area contributed by atoms with E-state index in [0.29, 0.717) is 17.8 Å². The van der Waals surface area contributed by atoms with Crippen LogP contribution in [0.15, 0.2) is 77.7 Å². The Balaban J connectivity index is 0.000000587. The Morgan fingerprint density at radius 3 is 2.22 bits per heavy atom. The van der Waals surface area contributed by atoms with Crippen molar-refractivity contribution in [1.82, 2.24) is 10.2 Å². The summed E-state index contributed by atoms with van der Waals surface area (Å²) < 4.78 is 60.9. The highest BCUT2D eigenvalue weighted by Crippen LogP contribution is 2.30. The minimum atomic E-state index is -5.08. The van der Waals surface area contributed by atoms with Gasteiger partial charge in [0.1, 0.15) is 0 Å². The van der Waals surface area contributed by atoms with E-state index >= 15 is 0 Å². The van der Waals surface area contributed by atoms with Crippen molar-refractivity contribution in [3.8, 4) is 0 Å². The predicted octanol–water partition coefficient (Wildman–Crippen LogP) is 4.11. The number of carboxylic acids is 1. The summed E-state index contributed by atoms with van der Waals surface area (Å²) in [5.74, 6) is -2.93. The van der Waals surface area contributed by atoms with Gasteiger partial charge in [0.05, 0.1) is 16.3 Å². The summed E-state index contributed by atoms with van der Waals surface area (Å²) in [5.41, 5.74) is 3.48. The molecule has 1 aliphatic heterocycles. The van der Waals surface area contributed by atoms with Gasteiger partial charge in [-0.2, -0.15) is 13.2 Å². The number of alkyl halides is 3. The van der Waals surface area contributed by atoms with Gasteiger partial charge >= 0.3 is 12.1 Å². The van der Waals surface area contributed by atoms with Gasteiger partial charge in [-0.05, 0) is 48.4 Å². The van der Waals surface area contributed by atoms with Crippen LogP contribution in [0.5, 0.6) is 0 Å². The van der Waals surface area contributed by atoms with Crippen molar-refractivity contribution in [3.05, 3.63) is 89.5 Å². The molecule has 0 aromatic heterocycles. The zero-order chi connectivity index (χ0) is 30.2. The van der Waals surface area contributed by atoms with E-state index in [2.05, 4.69) is 14.9 Å². The van der Waals surface area contributed by atoms with Crippen LogP contribution >= 0.6 is 0 Å². The topological polar surface area (TPSA) is 119 Å². The average Bonchev–Trinajstić information content (AvgIpc) is 2.93. The van der Waals surface area contributed by atoms with Gasteiger partial charge in [-0.25, -0.2) is 13.2 Å². The number of hydrogen-bond acceptors (Lipinski definition) is 6. The van der Waals surface area contributed by atoms with Gasteiger partial charge in [-0.3, -0.25) is 9.52 Å². The second kappa shape index (κ2) is 13.5. The van der Waals surface area contributed by atoms with Crippen molar-refractivity contribution in [2.75, 3.05) is 42.8 Å². The van der Waals surface area contributed by atoms with Crippen LogP contribution in [0.25, 0.3) is 0 Å². The number of carboxylic acid groups (broad SMARTS) is 1. The normalized spacial score (nSPS) is 13.5. The third-order valence-electron chi connectivity index (χ3n) is 6.10. The molecule has 0 bridgehead atoms. The standard InChI is InChI=1S/C26H30N4O3S.C2HF3O2/c1-20-7-6-10-23(17-20)34(32,33)28-24-18-22(11-12-25(24)30-15-13-27-14-16-30)26(31)29(2)19-21-8-4-3-5-9-21;3-2(4,5)1(6)7/h3-12,17-18,27-28H,13-16,19H2,1-2H3;(H,6,7). The molecule has 0 radical (unpaired) electrons. The Morgan fingerprint density at radius 1 is 1.00 bits per heavy atom. The maximum atomic E-state index is 13.2. The summed E-state index contributed by atoms with van der Waals surface area (Å²) in [5, 5.41) is 10.4. The lowest BCUT2D eigenvalue weighted by atomic mass is 10.1. The fourth-order valence-corrected chi connectivity index (χ4v) is 5.24. The molecular weight excluding hydrogens is 561 g/mol. The molecule has 41 heavy (non-hydrogen) atoms. The molecule has 9 nitrogen and oxygen atoms in total. The first-order valence-corrected chi connectivity index (χ1v) is 14.0. The number of rotatable bonds is 7. The number of carbonyl (C=O) groups excluding carboxylic acids is 1. The van der Waals surface area contributed by atoms with Crippen molar-refractivity contribution >= 4 is 33.3 Å². The van der Waals surface area contributed by atoms with Gasteiger partial charge in [0, 0.05) is 45.3 Å². The van der Waals surface area contributed by atoms with E-state index in [0.717, 1.165) is 43.0 Å². The third kappa shape index (κ3) is 8.95. The first-order valence-electron chi connectivity index (χ1n) is 12.6. The number of aliphatic carboxylic acids is 1. The first kappa shape index (κ1) is 31.4. The van der Waals surface area contributed by atoms with Crippen molar-refractivity contribution in [2.45, 2.75) is 24.5 Å². The lowest BCUT2D eigenvalue weighted by Crippen LogP contribution is -2.43. The van der Waals surface area contributed by atoms with Crippen LogP contribution < -0.4 is 14.9 Å². The molecule has 0 atom stereocenters. The molecule has 4 rings (SSSR count). The molecule has 1 aliphatic rings. The van der Waals surface area contributed by atoms with Gasteiger partial charge in [-0.1, -0.05) is 42.5 Å². The smallest absolute Gasteiger partial charge is 0.475 e. The van der Waals surface area contributed by atoms with Crippen LogP contribution in [-0.4, -0.2) is 69.7 Å². The number of nitrogens with one attached hydrogen (secondary N) is 2. The molecule has 3 N–H and O–H groups in total. The van der Waals surface area contributed by atoms with Crippen molar-refractivity contribution in [1.29, 1.82) is 0 Å². The van der Waals surface area contributed by atoms with Gasteiger partial charge in [0.2, 0.25) is 0 Å². The maximum Gasteiger partial charge on any atom is 0.490 e. The van der Waals surface area contributed by atoms with Crippen LogP contribution in [0.3, 0.4) is 0 Å². The van der Waals surface area contributed by atoms with E-state index in [1.807, 2.05) is 49.4 Å². The third-order valence-corrected chi connectivity index (χ3v) is 7.46. The summed E-state index contributed by atoms with van der Waals surface area (Å²) in [6.45, 7) is 5.44. The number of carbonyl (C=O) groups is 2. The van der Waals surface area contributed by atoms with E-state index < -0.39 is 22.2 Å². The molecule has 3 aromatic rings. The summed E-state index contributed by atoms with van der Waals surface area (Å²) in [6, 6.07) is 21.8. The summed E-state index contributed by atoms with van der Waals surface area (Å²) >= 11 is 0. The average molecular weight is 593 g/mol. The number of piperazine rings is 1. The number of halogens is 3. The van der Waals surface area contributed by atoms with Gasteiger partial charge < -0.3 is 20.2 Å². The van der Waals surface area contributed by atoms with E-state index in [1.54, 1.807) is 42.3 Å². The largest absolute Gasteiger partial charge is 0.490 e. The molecule has 3 aromatic carbocycles. The number of anilines is 2. The Kier molecular flexibility index (Phi) is 10.4. The second-order valence-electron chi connectivity index (χ2n) is 9.34. The molecular formula is C28H31F3N4O5S. The summed E-state index contributed by atoms with van der Waals surface area (Å²) in [6.07, 6.45) is -5.08. The SMILES string of the molecule is Cc1cccc(S(=O)(=O)Nc2cc(C(=O)N(C)Cc3ccccc3)ccc2N2CCNCC2)c1.O=C(O)C(F)(F)F. The number of benzene rings is 3. The van der Waals surface area contributed by atoms with Crippen LogP contribution in [0.4, 0.5) is 24.5 Å². The number of hydrogen-bond donors (Lipinski definition) is 3. The van der Waals surface area contributed by atoms with Crippen molar-refractivity contribution in [3.63, 3.8) is 0 Å². The van der Waals surface area contributed by atoms with Gasteiger partial charge in [0.15, 0.2) is 0 Å². The van der Waals surface area contributed by atoms with Crippen LogP contribution in [-0.2, 0) is 21.4 Å². The molecule has 0 spiro atoms. The number of amides is 1. The number of aryl methyl sites for hydroxylation is 1. The number of sulfonamides is 1. The first-order chi connectivity index (χ1) is 19.3. The highest BCUT2D eigenvalue weighted by Gasteiger charge is 2.38. The van der Waals surface area contributed by atoms with Gasteiger partial charge in [0.25, 0.3) is 15.9 Å². The Morgan fingerprint density at radius 2 is 1.63 bits per heavy atom. The molecule has 1 heterocycles. The molecule has 13 heteroatoms. The van der Waals surface area contributed by atoms with E-state index in [9.17, 15) is 26.4 Å². The molecule has 0 aliphatic carbocycles. The Hall–Kier alpha value is -4.10. The predicted molar refractivity (Wildman–Crippen MR) is 149 cm³/mol. The Labute approximate surface area is 236 Å². The van der Waals surface area contributed by atoms with Crippen LogP contribution in [0, 0.1) is 6.92 Å². The van der Waals surface area contributed by atoms with Crippen molar-refractivity contribution in [2.24, 2.45) is 0 Å². The maximum absolute atomic E-state index is 13.2. The summed E-state index contributed by atoms with van der Waals surface area (Å²) in [4.78, 5) is 26.0. The molecule has 0 unspecified atom stereocenters. The molecule has 1 saturated heterocycles. The molecule has 0 saturated carbocycles. The lowest BCUT2D eigenvalue weighted by Gasteiger charge is -2.31. The number of nitrogens with zero attached hydrogens (tertiary/aromatic N) is 2. The highest BCUT2D eigenvalue weighted by molar-refractivity contribution is 7.92. The van der Waals surface area contributed by atoms with Gasteiger partial charge in [-0.15, -0.1) is 0 Å². The van der Waals surface area contributed by atoms with Crippen molar-refractivity contribution < 1.29 is 36.3 Å². The quantitative estimate of drug-likeness (QED) is 0.378. The fourth-order valence-electron chi connectivity index (χ4n) is 4.07. The molecule has 1 amide bonds. The Bertz CT molecular complexity index is 1460. The monoisotopic (exact) mass is 592 g/mol. The second-order valence-corrected chi connectivity index (χ2v) is 11.0. The van der Waals surface area contributed by atoms with Crippen LogP contribution in [0.2, 0.25) is 0 Å². The molecule has 220 valence electrons. The summed E-state index contributed by atoms with van der Waals surface area (Å²) in [7, 11) is -2.08. The van der Waals surface area contributed by atoms with Crippen LogP contribution in [0.1, 0.15) is 21.5 Å².